The first-order chi connectivity index (χ1) is 10.3. The number of nitrogens with zero attached hydrogens (tertiary/aromatic N) is 1. The van der Waals surface area contributed by atoms with Gasteiger partial charge in [0.05, 0.1) is 6.61 Å². The summed E-state index contributed by atoms with van der Waals surface area (Å²) in [4.78, 5) is 16.6. The predicted molar refractivity (Wildman–Crippen MR) is 89.7 cm³/mol. The summed E-state index contributed by atoms with van der Waals surface area (Å²) < 4.78 is 5.19. The molecule has 0 radical (unpaired) electrons. The van der Waals surface area contributed by atoms with Gasteiger partial charge in [-0.25, -0.2) is 4.79 Å². The summed E-state index contributed by atoms with van der Waals surface area (Å²) in [6.07, 6.45) is 10.4. The molecule has 3 aliphatic rings. The van der Waals surface area contributed by atoms with E-state index in [2.05, 4.69) is 11.1 Å². The lowest BCUT2D eigenvalue weighted by Crippen LogP contribution is -2.23. The lowest BCUT2D eigenvalue weighted by atomic mass is 9.87. The topological polar surface area (TPSA) is 29.5 Å². The number of carbonyl (C=O) groups is 1. The van der Waals surface area contributed by atoms with Gasteiger partial charge >= 0.3 is 5.97 Å². The fourth-order valence-corrected chi connectivity index (χ4v) is 5.60. The van der Waals surface area contributed by atoms with Crippen LogP contribution in [0.15, 0.2) is 21.0 Å². The molecule has 3 rings (SSSR count). The van der Waals surface area contributed by atoms with Crippen LogP contribution in [0.3, 0.4) is 0 Å². The van der Waals surface area contributed by atoms with E-state index in [9.17, 15) is 4.79 Å². The molecule has 116 valence electrons. The van der Waals surface area contributed by atoms with E-state index in [-0.39, 0.29) is 5.97 Å². The summed E-state index contributed by atoms with van der Waals surface area (Å²) in [5.41, 5.74) is 0. The van der Waals surface area contributed by atoms with Gasteiger partial charge < -0.3 is 9.64 Å². The van der Waals surface area contributed by atoms with Crippen LogP contribution < -0.4 is 0 Å². The molecule has 0 N–H and O–H groups in total. The Morgan fingerprint density at radius 2 is 2.19 bits per heavy atom. The normalized spacial score (nSPS) is 23.1. The smallest absolute Gasteiger partial charge is 0.347 e. The Morgan fingerprint density at radius 1 is 1.38 bits per heavy atom. The molecule has 0 atom stereocenters. The van der Waals surface area contributed by atoms with Gasteiger partial charge in [0.25, 0.3) is 0 Å². The van der Waals surface area contributed by atoms with Gasteiger partial charge in [-0.15, -0.1) is 11.8 Å². The average molecular weight is 325 g/mol. The highest BCUT2D eigenvalue weighted by Crippen LogP contribution is 2.47. The third-order valence-electron chi connectivity index (χ3n) is 4.24. The lowest BCUT2D eigenvalue weighted by molar-refractivity contribution is -0.137. The Balaban J connectivity index is 1.68. The zero-order valence-corrected chi connectivity index (χ0v) is 14.2. The van der Waals surface area contributed by atoms with Gasteiger partial charge in [-0.3, -0.25) is 0 Å². The van der Waals surface area contributed by atoms with E-state index in [1.807, 2.05) is 6.92 Å². The summed E-state index contributed by atoms with van der Waals surface area (Å²) in [5.74, 6) is 1.66. The molecule has 1 aliphatic carbocycles. The monoisotopic (exact) mass is 325 g/mol. The molecule has 0 spiro atoms. The van der Waals surface area contributed by atoms with Gasteiger partial charge in [-0.2, -0.15) is 0 Å². The SMILES string of the molecule is CCOC(=O)C1=C2SC(CC3CCCCC3)=CN2CCS1. The molecule has 2 aliphatic heterocycles. The van der Waals surface area contributed by atoms with Crippen molar-refractivity contribution in [1.29, 1.82) is 0 Å². The van der Waals surface area contributed by atoms with Crippen molar-refractivity contribution in [3.63, 3.8) is 0 Å². The first-order valence-corrected chi connectivity index (χ1v) is 9.77. The fraction of sp³-hybridized carbons (Fsp3) is 0.688. The molecule has 0 aromatic rings. The number of rotatable bonds is 4. The molecular weight excluding hydrogens is 302 g/mol. The van der Waals surface area contributed by atoms with E-state index in [0.717, 1.165) is 28.1 Å². The molecule has 21 heavy (non-hydrogen) atoms. The van der Waals surface area contributed by atoms with Crippen LogP contribution in [0.5, 0.6) is 0 Å². The van der Waals surface area contributed by atoms with Crippen molar-refractivity contribution < 1.29 is 9.53 Å². The molecule has 5 heteroatoms. The minimum atomic E-state index is -0.151. The minimum Gasteiger partial charge on any atom is -0.462 e. The number of hydrogen-bond donors (Lipinski definition) is 0. The number of fused-ring (bicyclic) bond motifs is 1. The van der Waals surface area contributed by atoms with Crippen LogP contribution in [-0.2, 0) is 9.53 Å². The summed E-state index contributed by atoms with van der Waals surface area (Å²) in [5, 5.41) is 1.11. The van der Waals surface area contributed by atoms with Crippen molar-refractivity contribution in [3.8, 4) is 0 Å². The molecule has 0 bridgehead atoms. The summed E-state index contributed by atoms with van der Waals surface area (Å²) >= 11 is 3.44. The number of ether oxygens (including phenoxy) is 1. The summed E-state index contributed by atoms with van der Waals surface area (Å²) in [7, 11) is 0. The van der Waals surface area contributed by atoms with Crippen LogP contribution in [0.2, 0.25) is 0 Å². The standard InChI is InChI=1S/C16H23NO2S2/c1-2-19-16(18)14-15-17(8-9-20-14)11-13(21-15)10-12-6-4-3-5-7-12/h11-12H,2-10H2,1H3. The van der Waals surface area contributed by atoms with Crippen molar-refractivity contribution in [1.82, 2.24) is 4.90 Å². The van der Waals surface area contributed by atoms with Crippen molar-refractivity contribution in [3.05, 3.63) is 21.0 Å². The summed E-state index contributed by atoms with van der Waals surface area (Å²) in [6.45, 7) is 3.32. The van der Waals surface area contributed by atoms with Crippen LogP contribution in [0, 0.1) is 5.92 Å². The van der Waals surface area contributed by atoms with Gasteiger partial charge in [0.2, 0.25) is 0 Å². The van der Waals surface area contributed by atoms with E-state index < -0.39 is 0 Å². The Kier molecular flexibility index (Phi) is 5.22. The molecule has 3 nitrogen and oxygen atoms in total. The van der Waals surface area contributed by atoms with Crippen molar-refractivity contribution in [2.75, 3.05) is 18.9 Å². The number of allylic oxidation sites excluding steroid dienone is 1. The highest BCUT2D eigenvalue weighted by atomic mass is 32.2. The quantitative estimate of drug-likeness (QED) is 0.718. The second kappa shape index (κ2) is 7.14. The van der Waals surface area contributed by atoms with E-state index in [0.29, 0.717) is 6.61 Å². The molecular formula is C16H23NO2S2. The van der Waals surface area contributed by atoms with Crippen molar-refractivity contribution in [2.24, 2.45) is 5.92 Å². The molecule has 1 saturated carbocycles. The lowest BCUT2D eigenvalue weighted by Gasteiger charge is -2.24. The third-order valence-corrected chi connectivity index (χ3v) is 6.57. The van der Waals surface area contributed by atoms with Gasteiger partial charge in [-0.1, -0.05) is 43.9 Å². The number of esters is 1. The molecule has 0 saturated heterocycles. The first-order valence-electron chi connectivity index (χ1n) is 7.97. The number of carbonyl (C=O) groups excluding carboxylic acids is 1. The highest BCUT2D eigenvalue weighted by molar-refractivity contribution is 8.09. The van der Waals surface area contributed by atoms with Gasteiger partial charge in [-0.05, 0) is 19.3 Å². The van der Waals surface area contributed by atoms with E-state index in [1.165, 1.54) is 43.4 Å². The van der Waals surface area contributed by atoms with Crippen LogP contribution in [0.25, 0.3) is 0 Å². The maximum absolute atomic E-state index is 12.1. The van der Waals surface area contributed by atoms with Crippen LogP contribution >= 0.6 is 23.5 Å². The van der Waals surface area contributed by atoms with Crippen molar-refractivity contribution in [2.45, 2.75) is 45.4 Å². The molecule has 0 amide bonds. The van der Waals surface area contributed by atoms with Crippen LogP contribution in [0.1, 0.15) is 45.4 Å². The second-order valence-electron chi connectivity index (χ2n) is 5.80. The molecule has 2 heterocycles. The van der Waals surface area contributed by atoms with Gasteiger partial charge in [0.15, 0.2) is 0 Å². The van der Waals surface area contributed by atoms with E-state index in [1.54, 1.807) is 23.5 Å². The molecule has 0 aromatic carbocycles. The predicted octanol–water partition coefficient (Wildman–Crippen LogP) is 4.33. The Labute approximate surface area is 135 Å². The third kappa shape index (κ3) is 3.62. The fourth-order valence-electron chi connectivity index (χ4n) is 3.21. The Bertz CT molecular complexity index is 467. The average Bonchev–Trinajstić information content (AvgIpc) is 2.90. The van der Waals surface area contributed by atoms with Crippen molar-refractivity contribution >= 4 is 29.5 Å². The first kappa shape index (κ1) is 15.3. The minimum absolute atomic E-state index is 0.151. The molecule has 0 aromatic heterocycles. The highest BCUT2D eigenvalue weighted by Gasteiger charge is 2.31. The number of hydrogen-bond acceptors (Lipinski definition) is 5. The maximum Gasteiger partial charge on any atom is 0.347 e. The van der Waals surface area contributed by atoms with Crippen LogP contribution in [0.4, 0.5) is 0 Å². The largest absolute Gasteiger partial charge is 0.462 e. The Morgan fingerprint density at radius 3 is 2.95 bits per heavy atom. The Hall–Kier alpha value is -0.550. The van der Waals surface area contributed by atoms with E-state index >= 15 is 0 Å². The molecule has 0 unspecified atom stereocenters. The summed E-state index contributed by atoms with van der Waals surface area (Å²) in [6, 6.07) is 0. The zero-order valence-electron chi connectivity index (χ0n) is 12.6. The molecule has 1 fully saturated rings. The zero-order chi connectivity index (χ0) is 14.7. The second-order valence-corrected chi connectivity index (χ2v) is 8.02. The number of thioether (sulfide) groups is 2. The van der Waals surface area contributed by atoms with Gasteiger partial charge in [0, 0.05) is 23.4 Å². The van der Waals surface area contributed by atoms with Crippen LogP contribution in [-0.4, -0.2) is 29.8 Å². The van der Waals surface area contributed by atoms with Gasteiger partial charge in [0.1, 0.15) is 9.93 Å². The van der Waals surface area contributed by atoms with E-state index in [4.69, 9.17) is 4.74 Å². The maximum atomic E-state index is 12.1.